The number of ketones is 2. The second-order valence-electron chi connectivity index (χ2n) is 7.98. The van der Waals surface area contributed by atoms with E-state index >= 15 is 0 Å². The zero-order chi connectivity index (χ0) is 27.3. The predicted molar refractivity (Wildman–Crippen MR) is 144 cm³/mol. The summed E-state index contributed by atoms with van der Waals surface area (Å²) < 4.78 is 66.9. The van der Waals surface area contributed by atoms with Crippen LogP contribution < -0.4 is 16.4 Å². The number of fused-ring (bicyclic) bond motifs is 2. The van der Waals surface area contributed by atoms with Gasteiger partial charge < -0.3 is 16.4 Å². The molecule has 6 N–H and O–H groups in total. The van der Waals surface area contributed by atoms with E-state index in [-0.39, 0.29) is 143 Å². The van der Waals surface area contributed by atoms with Crippen LogP contribution in [0.4, 0.5) is 22.7 Å². The molecule has 0 saturated heterocycles. The summed E-state index contributed by atoms with van der Waals surface area (Å²) in [5, 5.41) is 5.07. The molecular weight excluding hydrogens is 605 g/mol. The van der Waals surface area contributed by atoms with Gasteiger partial charge in [-0.3, -0.25) is 23.5 Å². The summed E-state index contributed by atoms with van der Waals surface area (Å²) in [6, 6.07) is 9.96. The van der Waals surface area contributed by atoms with E-state index in [4.69, 9.17) is 5.73 Å². The van der Waals surface area contributed by atoms with E-state index < -0.39 is 58.8 Å². The number of carbonyl (C=O) groups excluding carboxylic acids is 3. The van der Waals surface area contributed by atoms with Gasteiger partial charge in [0.2, 0.25) is 5.91 Å². The molecular formula is C23H19K2N3O9S2. The van der Waals surface area contributed by atoms with Crippen LogP contribution in [0.3, 0.4) is 0 Å². The van der Waals surface area contributed by atoms with Gasteiger partial charge in [-0.25, -0.2) is 0 Å². The molecule has 0 saturated carbocycles. The minimum atomic E-state index is -4.95. The number of nitrogens with two attached hydrogens (primary N) is 1. The van der Waals surface area contributed by atoms with Crippen molar-refractivity contribution in [1.82, 2.24) is 0 Å². The first kappa shape index (κ1) is 34.4. The second-order valence-corrected chi connectivity index (χ2v) is 10.8. The van der Waals surface area contributed by atoms with Gasteiger partial charge in [-0.1, -0.05) is 31.2 Å². The molecule has 0 spiro atoms. The molecule has 2 radical (unpaired) electrons. The van der Waals surface area contributed by atoms with Gasteiger partial charge in [0.15, 0.2) is 11.6 Å². The summed E-state index contributed by atoms with van der Waals surface area (Å²) in [5.41, 5.74) is 4.15. The first-order valence-electron chi connectivity index (χ1n) is 10.5. The van der Waals surface area contributed by atoms with Crippen LogP contribution in [0.25, 0.3) is 0 Å². The Morgan fingerprint density at radius 2 is 1.36 bits per heavy atom. The van der Waals surface area contributed by atoms with Crippen molar-refractivity contribution in [3.8, 4) is 0 Å². The Balaban J connectivity index is 0.00000267. The first-order chi connectivity index (χ1) is 17.2. The summed E-state index contributed by atoms with van der Waals surface area (Å²) >= 11 is 0. The average Bonchev–Trinajstić information content (AvgIpc) is 2.82. The van der Waals surface area contributed by atoms with Gasteiger partial charge in [-0.05, 0) is 24.3 Å². The number of hydrogen-bond acceptors (Lipinski definition) is 9. The molecule has 3 aromatic carbocycles. The Hall–Kier alpha value is -0.837. The van der Waals surface area contributed by atoms with Crippen molar-refractivity contribution in [2.24, 2.45) is 0 Å². The number of hydrogen-bond donors (Lipinski definition) is 5. The quantitative estimate of drug-likeness (QED) is 0.119. The van der Waals surface area contributed by atoms with E-state index in [0.717, 1.165) is 18.2 Å². The van der Waals surface area contributed by atoms with Crippen molar-refractivity contribution in [3.63, 3.8) is 0 Å². The molecule has 39 heavy (non-hydrogen) atoms. The van der Waals surface area contributed by atoms with Gasteiger partial charge in [0, 0.05) is 126 Å². The zero-order valence-corrected chi connectivity index (χ0v) is 28.9. The van der Waals surface area contributed by atoms with Gasteiger partial charge in [-0.2, -0.15) is 16.8 Å². The molecule has 0 atom stereocenters. The number of anilines is 4. The van der Waals surface area contributed by atoms with Gasteiger partial charge in [0.05, 0.1) is 28.2 Å². The second kappa shape index (κ2) is 13.0. The maximum Gasteiger partial charge on any atom is 0.296 e. The summed E-state index contributed by atoms with van der Waals surface area (Å²) in [6.07, 6.45) is -0.0121. The van der Waals surface area contributed by atoms with E-state index in [9.17, 15) is 40.3 Å². The molecule has 4 rings (SSSR count). The Kier molecular flexibility index (Phi) is 11.4. The van der Waals surface area contributed by atoms with Crippen LogP contribution in [0.1, 0.15) is 45.2 Å². The molecule has 1 aliphatic rings. The van der Waals surface area contributed by atoms with Crippen LogP contribution in [0.2, 0.25) is 0 Å². The standard InChI is InChI=1S/C23H19N3O9S2.2K/c1-2-18(27)26-14-9-11(7-8-16(14)36(30,31)32)25-15-10-17(37(33,34)35)21(24)20-19(15)22(28)12-5-3-4-6-13(12)23(20)29;;/h3-10,25H,2,24H2,1H3,(H,26,27)(H,30,31,32)(H,33,34,35);;. The molecule has 0 heterocycles. The number of benzene rings is 3. The molecule has 194 valence electrons. The van der Waals surface area contributed by atoms with Crippen LogP contribution in [0.15, 0.2) is 58.3 Å². The first-order valence-corrected chi connectivity index (χ1v) is 13.4. The summed E-state index contributed by atoms with van der Waals surface area (Å²) in [7, 11) is -9.69. The Morgan fingerprint density at radius 3 is 1.87 bits per heavy atom. The van der Waals surface area contributed by atoms with Crippen LogP contribution in [-0.2, 0) is 25.0 Å². The third-order valence-corrected chi connectivity index (χ3v) is 7.41. The average molecular weight is 624 g/mol. The predicted octanol–water partition coefficient (Wildman–Crippen LogP) is 1.87. The van der Waals surface area contributed by atoms with E-state index in [0.29, 0.717) is 0 Å². The molecule has 1 aliphatic carbocycles. The fourth-order valence-corrected chi connectivity index (χ4v) is 5.20. The molecule has 12 nitrogen and oxygen atoms in total. The molecule has 16 heteroatoms. The summed E-state index contributed by atoms with van der Waals surface area (Å²) in [4.78, 5) is 37.1. The fourth-order valence-electron chi connectivity index (χ4n) is 3.93. The molecule has 1 amide bonds. The number of nitrogen functional groups attached to an aromatic ring is 1. The molecule has 0 aromatic heterocycles. The molecule has 0 fully saturated rings. The maximum atomic E-state index is 13.4. The Labute approximate surface area is 308 Å². The number of nitrogens with one attached hydrogen (secondary N) is 2. The van der Waals surface area contributed by atoms with Crippen LogP contribution >= 0.6 is 0 Å². The molecule has 0 unspecified atom stereocenters. The van der Waals surface area contributed by atoms with E-state index in [2.05, 4.69) is 10.6 Å². The third kappa shape index (κ3) is 6.98. The van der Waals surface area contributed by atoms with Gasteiger partial charge >= 0.3 is 0 Å². The summed E-state index contributed by atoms with van der Waals surface area (Å²) in [6.45, 7) is 1.52. The third-order valence-electron chi connectivity index (χ3n) is 5.61. The minimum absolute atomic E-state index is 0. The molecule has 3 aromatic rings. The fraction of sp³-hybridized carbons (Fsp3) is 0.0870. The van der Waals surface area contributed by atoms with Crippen LogP contribution in [0.5, 0.6) is 0 Å². The number of amides is 1. The van der Waals surface area contributed by atoms with E-state index in [1.165, 1.54) is 37.3 Å². The SMILES string of the molecule is CCC(=O)Nc1cc(Nc2cc(S(=O)(=O)O)c(N)c3c2C(=O)c2ccccc2C3=O)ccc1S(=O)(=O)O.[K].[K]. The van der Waals surface area contributed by atoms with Crippen molar-refractivity contribution in [1.29, 1.82) is 0 Å². The van der Waals surface area contributed by atoms with Crippen LogP contribution in [-0.4, -0.2) is 146 Å². The maximum absolute atomic E-state index is 13.4. The van der Waals surface area contributed by atoms with E-state index in [1.807, 2.05) is 0 Å². The Bertz CT molecular complexity index is 1740. The van der Waals surface area contributed by atoms with Crippen molar-refractivity contribution in [2.45, 2.75) is 23.1 Å². The monoisotopic (exact) mass is 623 g/mol. The van der Waals surface area contributed by atoms with Crippen molar-refractivity contribution in [3.05, 3.63) is 70.8 Å². The topological polar surface area (TPSA) is 210 Å². The largest absolute Gasteiger partial charge is 0.397 e. The van der Waals surface area contributed by atoms with Crippen LogP contribution in [0, 0.1) is 0 Å². The zero-order valence-electron chi connectivity index (χ0n) is 21.0. The van der Waals surface area contributed by atoms with Crippen molar-refractivity contribution < 1.29 is 40.3 Å². The normalized spacial score (nSPS) is 12.4. The number of rotatable bonds is 6. The van der Waals surface area contributed by atoms with E-state index in [1.54, 1.807) is 0 Å². The summed E-state index contributed by atoms with van der Waals surface area (Å²) in [5.74, 6) is -1.97. The molecule has 0 bridgehead atoms. The molecule has 0 aliphatic heterocycles. The van der Waals surface area contributed by atoms with Gasteiger partial charge in [-0.15, -0.1) is 0 Å². The number of carbonyl (C=O) groups is 3. The Morgan fingerprint density at radius 1 is 0.821 bits per heavy atom. The van der Waals surface area contributed by atoms with Gasteiger partial charge in [0.25, 0.3) is 20.2 Å². The minimum Gasteiger partial charge on any atom is -0.397 e. The van der Waals surface area contributed by atoms with Crippen molar-refractivity contribution in [2.75, 3.05) is 16.4 Å². The van der Waals surface area contributed by atoms with Crippen molar-refractivity contribution >= 4 is 163 Å². The van der Waals surface area contributed by atoms with Gasteiger partial charge in [0.1, 0.15) is 9.79 Å². The smallest absolute Gasteiger partial charge is 0.296 e.